The second-order valence-corrected chi connectivity index (χ2v) is 9.59. The third-order valence-electron chi connectivity index (χ3n) is 6.14. The number of hydrogen-bond acceptors (Lipinski definition) is 4. The number of benzene rings is 3. The first-order valence-electron chi connectivity index (χ1n) is 11.8. The molecule has 1 aliphatic rings. The number of amidine groups is 1. The lowest BCUT2D eigenvalue weighted by molar-refractivity contribution is -0.122. The quantitative estimate of drug-likeness (QED) is 0.274. The van der Waals surface area contributed by atoms with Crippen molar-refractivity contribution in [1.82, 2.24) is 9.47 Å². The van der Waals surface area contributed by atoms with Crippen molar-refractivity contribution in [2.24, 2.45) is 4.99 Å². The second kappa shape index (κ2) is 10.3. The number of aromatic nitrogens is 1. The summed E-state index contributed by atoms with van der Waals surface area (Å²) in [6, 6.07) is 29.9. The van der Waals surface area contributed by atoms with Crippen molar-refractivity contribution in [3.8, 4) is 11.4 Å². The van der Waals surface area contributed by atoms with Crippen LogP contribution in [0, 0.1) is 13.8 Å². The molecule has 0 saturated carbocycles. The summed E-state index contributed by atoms with van der Waals surface area (Å²) in [6.45, 7) is 4.61. The van der Waals surface area contributed by atoms with Gasteiger partial charge in [-0.05, 0) is 85.3 Å². The molecule has 0 N–H and O–H groups in total. The molecule has 1 amide bonds. The van der Waals surface area contributed by atoms with Gasteiger partial charge in [-0.3, -0.25) is 9.69 Å². The number of carbonyl (C=O) groups excluding carboxylic acids is 1. The minimum Gasteiger partial charge on any atom is -0.497 e. The fourth-order valence-corrected chi connectivity index (χ4v) is 5.30. The molecule has 4 aromatic rings. The van der Waals surface area contributed by atoms with E-state index < -0.39 is 0 Å². The molecule has 5 rings (SSSR count). The zero-order valence-corrected chi connectivity index (χ0v) is 21.3. The van der Waals surface area contributed by atoms with E-state index in [0.29, 0.717) is 16.6 Å². The smallest absolute Gasteiger partial charge is 0.267 e. The number of aryl methyl sites for hydroxylation is 1. The van der Waals surface area contributed by atoms with Gasteiger partial charge < -0.3 is 9.30 Å². The van der Waals surface area contributed by atoms with Crippen LogP contribution in [0.2, 0.25) is 0 Å². The number of hydrogen-bond donors (Lipinski definition) is 0. The lowest BCUT2D eigenvalue weighted by Gasteiger charge is -2.16. The highest BCUT2D eigenvalue weighted by Gasteiger charge is 2.34. The Morgan fingerprint density at radius 2 is 1.58 bits per heavy atom. The molecule has 0 aliphatic carbocycles. The zero-order valence-electron chi connectivity index (χ0n) is 20.5. The molecule has 0 bridgehead atoms. The molecule has 36 heavy (non-hydrogen) atoms. The van der Waals surface area contributed by atoms with E-state index in [1.165, 1.54) is 11.8 Å². The van der Waals surface area contributed by atoms with E-state index >= 15 is 0 Å². The van der Waals surface area contributed by atoms with Gasteiger partial charge in [0, 0.05) is 17.1 Å². The molecule has 1 saturated heterocycles. The summed E-state index contributed by atoms with van der Waals surface area (Å²) in [5.74, 6) is 0.739. The van der Waals surface area contributed by atoms with E-state index in [4.69, 9.17) is 9.73 Å². The van der Waals surface area contributed by atoms with Gasteiger partial charge in [-0.2, -0.15) is 0 Å². The SMILES string of the molecule is COc1ccc(CN2C(=O)/C(=C\c3cc(C)n(-c4ccccc4)c3C)SC2=Nc2ccccc2)cc1. The van der Waals surface area contributed by atoms with Crippen LogP contribution in [0.25, 0.3) is 11.8 Å². The van der Waals surface area contributed by atoms with Crippen LogP contribution in [0.4, 0.5) is 5.69 Å². The van der Waals surface area contributed by atoms with Gasteiger partial charge in [-0.15, -0.1) is 0 Å². The standard InChI is InChI=1S/C30H27N3O2S/c1-21-18-24(22(2)33(21)26-12-8-5-9-13-26)19-28-29(34)32(20-23-14-16-27(35-3)17-15-23)30(36-28)31-25-10-6-4-7-11-25/h4-19H,20H2,1-3H3/b28-19+,31-30?. The molecular weight excluding hydrogens is 466 g/mol. The molecule has 2 heterocycles. The van der Waals surface area contributed by atoms with Gasteiger partial charge in [-0.25, -0.2) is 4.99 Å². The van der Waals surface area contributed by atoms with E-state index in [9.17, 15) is 4.79 Å². The minimum atomic E-state index is -0.0463. The lowest BCUT2D eigenvalue weighted by Crippen LogP contribution is -2.28. The Morgan fingerprint density at radius 1 is 0.917 bits per heavy atom. The third kappa shape index (κ3) is 4.86. The average Bonchev–Trinajstić information content (AvgIpc) is 3.35. The first-order chi connectivity index (χ1) is 17.5. The number of aliphatic imine (C=N–C) groups is 1. The van der Waals surface area contributed by atoms with Crippen molar-refractivity contribution in [2.45, 2.75) is 20.4 Å². The number of para-hydroxylation sites is 2. The van der Waals surface area contributed by atoms with Gasteiger partial charge in [0.2, 0.25) is 0 Å². The van der Waals surface area contributed by atoms with E-state index in [-0.39, 0.29) is 5.91 Å². The highest BCUT2D eigenvalue weighted by atomic mass is 32.2. The number of rotatable bonds is 6. The van der Waals surface area contributed by atoms with Gasteiger partial charge in [0.15, 0.2) is 5.17 Å². The fraction of sp³-hybridized carbons (Fsp3) is 0.133. The summed E-state index contributed by atoms with van der Waals surface area (Å²) in [4.78, 5) is 20.9. The maximum atomic E-state index is 13.6. The molecule has 180 valence electrons. The maximum absolute atomic E-state index is 13.6. The summed E-state index contributed by atoms with van der Waals surface area (Å²) in [5.41, 5.74) is 6.17. The number of amides is 1. The van der Waals surface area contributed by atoms with Crippen LogP contribution in [0.3, 0.4) is 0 Å². The van der Waals surface area contributed by atoms with Crippen molar-refractivity contribution in [1.29, 1.82) is 0 Å². The monoisotopic (exact) mass is 493 g/mol. The molecule has 0 unspecified atom stereocenters. The number of nitrogens with zero attached hydrogens (tertiary/aromatic N) is 3. The van der Waals surface area contributed by atoms with Crippen molar-refractivity contribution in [3.05, 3.63) is 118 Å². The van der Waals surface area contributed by atoms with Gasteiger partial charge >= 0.3 is 0 Å². The summed E-state index contributed by atoms with van der Waals surface area (Å²) in [6.07, 6.45) is 1.99. The molecule has 0 spiro atoms. The Labute approximate surface area is 215 Å². The summed E-state index contributed by atoms with van der Waals surface area (Å²) in [5, 5.41) is 0.671. The van der Waals surface area contributed by atoms with Crippen molar-refractivity contribution < 1.29 is 9.53 Å². The minimum absolute atomic E-state index is 0.0463. The second-order valence-electron chi connectivity index (χ2n) is 8.58. The highest BCUT2D eigenvalue weighted by molar-refractivity contribution is 8.18. The largest absolute Gasteiger partial charge is 0.497 e. The maximum Gasteiger partial charge on any atom is 0.267 e. The van der Waals surface area contributed by atoms with Crippen molar-refractivity contribution >= 4 is 34.6 Å². The van der Waals surface area contributed by atoms with Crippen LogP contribution in [0.15, 0.2) is 101 Å². The number of methoxy groups -OCH3 is 1. The average molecular weight is 494 g/mol. The van der Waals surface area contributed by atoms with E-state index in [0.717, 1.165) is 39.6 Å². The number of thioether (sulfide) groups is 1. The van der Waals surface area contributed by atoms with Crippen molar-refractivity contribution in [3.63, 3.8) is 0 Å². The van der Waals surface area contributed by atoms with Gasteiger partial charge in [-0.1, -0.05) is 48.5 Å². The summed E-state index contributed by atoms with van der Waals surface area (Å²) < 4.78 is 7.49. The van der Waals surface area contributed by atoms with E-state index in [1.54, 1.807) is 12.0 Å². The normalized spacial score (nSPS) is 15.8. The van der Waals surface area contributed by atoms with Crippen LogP contribution in [-0.4, -0.2) is 27.7 Å². The lowest BCUT2D eigenvalue weighted by atomic mass is 10.2. The zero-order chi connectivity index (χ0) is 25.1. The molecule has 5 nitrogen and oxygen atoms in total. The van der Waals surface area contributed by atoms with E-state index in [1.807, 2.05) is 78.9 Å². The number of carbonyl (C=O) groups is 1. The first kappa shape index (κ1) is 23.7. The van der Waals surface area contributed by atoms with Gasteiger partial charge in [0.1, 0.15) is 5.75 Å². The molecular formula is C30H27N3O2S. The molecule has 1 aliphatic heterocycles. The molecule has 0 radical (unpaired) electrons. The Balaban J connectivity index is 1.51. The highest BCUT2D eigenvalue weighted by Crippen LogP contribution is 2.36. The predicted molar refractivity (Wildman–Crippen MR) is 148 cm³/mol. The van der Waals surface area contributed by atoms with Crippen LogP contribution < -0.4 is 4.74 Å². The Hall–Kier alpha value is -4.03. The topological polar surface area (TPSA) is 46.8 Å². The fourth-order valence-electron chi connectivity index (χ4n) is 4.31. The van der Waals surface area contributed by atoms with Gasteiger partial charge in [0.25, 0.3) is 5.91 Å². The number of ether oxygens (including phenoxy) is 1. The van der Waals surface area contributed by atoms with Gasteiger partial charge in [0.05, 0.1) is 24.2 Å². The summed E-state index contributed by atoms with van der Waals surface area (Å²) in [7, 11) is 1.64. The first-order valence-corrected chi connectivity index (χ1v) is 12.6. The van der Waals surface area contributed by atoms with Crippen molar-refractivity contribution in [2.75, 3.05) is 7.11 Å². The van der Waals surface area contributed by atoms with E-state index in [2.05, 4.69) is 36.6 Å². The third-order valence-corrected chi connectivity index (χ3v) is 7.15. The Bertz CT molecular complexity index is 1440. The van der Waals surface area contributed by atoms with Crippen LogP contribution in [0.5, 0.6) is 5.75 Å². The summed E-state index contributed by atoms with van der Waals surface area (Å²) >= 11 is 1.42. The molecule has 1 aromatic heterocycles. The molecule has 1 fully saturated rings. The van der Waals surface area contributed by atoms with Crippen LogP contribution in [-0.2, 0) is 11.3 Å². The Morgan fingerprint density at radius 3 is 2.25 bits per heavy atom. The molecule has 6 heteroatoms. The predicted octanol–water partition coefficient (Wildman–Crippen LogP) is 6.91. The van der Waals surface area contributed by atoms with Crippen LogP contribution in [0.1, 0.15) is 22.5 Å². The van der Waals surface area contributed by atoms with Crippen LogP contribution >= 0.6 is 11.8 Å². The molecule has 0 atom stereocenters. The molecule has 3 aromatic carbocycles. The Kier molecular flexibility index (Phi) is 6.78.